The second-order valence-corrected chi connectivity index (χ2v) is 9.43. The number of aromatic hydroxyl groups is 1. The Kier molecular flexibility index (Phi) is 5.01. The molecular formula is C23H17ClN8O2S. The second-order valence-electron chi connectivity index (χ2n) is 7.99. The molecule has 35 heavy (non-hydrogen) atoms. The molecule has 0 aliphatic heterocycles. The van der Waals surface area contributed by atoms with Gasteiger partial charge in [-0.05, 0) is 42.0 Å². The molecule has 6 aromatic rings. The second kappa shape index (κ2) is 8.22. The highest BCUT2D eigenvalue weighted by Crippen LogP contribution is 2.28. The zero-order chi connectivity index (χ0) is 24.1. The van der Waals surface area contributed by atoms with Crippen molar-refractivity contribution in [3.63, 3.8) is 0 Å². The Morgan fingerprint density at radius 2 is 2.09 bits per heavy atom. The first-order valence-corrected chi connectivity index (χ1v) is 11.7. The first-order valence-electron chi connectivity index (χ1n) is 10.5. The highest BCUT2D eigenvalue weighted by molar-refractivity contribution is 7.20. The molecular weight excluding hydrogens is 488 g/mol. The summed E-state index contributed by atoms with van der Waals surface area (Å²) in [6.07, 6.45) is 3.08. The van der Waals surface area contributed by atoms with E-state index < -0.39 is 0 Å². The molecule has 0 aliphatic carbocycles. The summed E-state index contributed by atoms with van der Waals surface area (Å²) in [5, 5.41) is 14.0. The van der Waals surface area contributed by atoms with Gasteiger partial charge in [-0.25, -0.2) is 19.9 Å². The van der Waals surface area contributed by atoms with Gasteiger partial charge in [0, 0.05) is 21.7 Å². The SMILES string of the molecule is Nc1ncnc2c1ncn2Cc1cc(Cl)cc2cc(CNC(=O)c3ccc4nc(O)sc4c3)[nH]c12. The first kappa shape index (κ1) is 21.3. The van der Waals surface area contributed by atoms with Crippen molar-refractivity contribution < 1.29 is 9.90 Å². The fourth-order valence-corrected chi connectivity index (χ4v) is 5.08. The molecule has 12 heteroatoms. The van der Waals surface area contributed by atoms with Crippen LogP contribution in [0.15, 0.2) is 49.1 Å². The summed E-state index contributed by atoms with van der Waals surface area (Å²) in [4.78, 5) is 32.7. The number of hydrogen-bond acceptors (Lipinski definition) is 8. The number of halogens is 1. The van der Waals surface area contributed by atoms with Crippen LogP contribution in [0.2, 0.25) is 5.02 Å². The van der Waals surface area contributed by atoms with E-state index in [0.29, 0.717) is 46.2 Å². The zero-order valence-corrected chi connectivity index (χ0v) is 19.6. The number of nitrogens with one attached hydrogen (secondary N) is 2. The fourth-order valence-electron chi connectivity index (χ4n) is 4.09. The standard InChI is InChI=1S/C23H17ClN8O2S/c24-14-3-12-5-15(7-26-22(33)11-1-2-16-17(6-11)35-23(34)31-16)30-18(12)13(4-14)8-32-10-29-19-20(25)27-9-28-21(19)32/h1-6,9-10,30H,7-8H2,(H,26,33)(H,31,34)(H2,25,27,28). The maximum Gasteiger partial charge on any atom is 0.271 e. The van der Waals surface area contributed by atoms with E-state index >= 15 is 0 Å². The van der Waals surface area contributed by atoms with Crippen molar-refractivity contribution in [2.24, 2.45) is 0 Å². The summed E-state index contributed by atoms with van der Waals surface area (Å²) in [7, 11) is 0. The van der Waals surface area contributed by atoms with Crippen LogP contribution in [0.4, 0.5) is 5.82 Å². The predicted octanol–water partition coefficient (Wildman–Crippen LogP) is 3.84. The largest absolute Gasteiger partial charge is 0.486 e. The van der Waals surface area contributed by atoms with E-state index in [9.17, 15) is 9.90 Å². The average Bonchev–Trinajstić information content (AvgIpc) is 3.53. The van der Waals surface area contributed by atoms with Gasteiger partial charge in [-0.15, -0.1) is 0 Å². The van der Waals surface area contributed by atoms with Gasteiger partial charge in [-0.3, -0.25) is 4.79 Å². The number of nitrogen functional groups attached to an aromatic ring is 1. The number of rotatable bonds is 5. The van der Waals surface area contributed by atoms with Crippen LogP contribution in [-0.2, 0) is 13.1 Å². The van der Waals surface area contributed by atoms with Crippen LogP contribution in [-0.4, -0.2) is 40.5 Å². The van der Waals surface area contributed by atoms with E-state index in [1.165, 1.54) is 6.33 Å². The Hall–Kier alpha value is -4.22. The van der Waals surface area contributed by atoms with Gasteiger partial charge in [-0.1, -0.05) is 22.9 Å². The lowest BCUT2D eigenvalue weighted by Crippen LogP contribution is -2.22. The van der Waals surface area contributed by atoms with Crippen molar-refractivity contribution in [1.29, 1.82) is 0 Å². The number of imidazole rings is 1. The highest BCUT2D eigenvalue weighted by Gasteiger charge is 2.14. The Morgan fingerprint density at radius 1 is 1.20 bits per heavy atom. The molecule has 0 aliphatic rings. The lowest BCUT2D eigenvalue weighted by Gasteiger charge is -2.07. The molecule has 174 valence electrons. The van der Waals surface area contributed by atoms with Crippen LogP contribution in [0.1, 0.15) is 21.6 Å². The third kappa shape index (κ3) is 3.90. The Bertz CT molecular complexity index is 1760. The van der Waals surface area contributed by atoms with Gasteiger partial charge in [0.15, 0.2) is 11.5 Å². The minimum atomic E-state index is -0.223. The summed E-state index contributed by atoms with van der Waals surface area (Å²) in [5.74, 6) is 0.105. The van der Waals surface area contributed by atoms with Crippen LogP contribution in [0.25, 0.3) is 32.3 Å². The Morgan fingerprint density at radius 3 is 2.97 bits per heavy atom. The number of hydrogen-bond donors (Lipinski definition) is 4. The van der Waals surface area contributed by atoms with E-state index in [2.05, 4.69) is 30.2 Å². The lowest BCUT2D eigenvalue weighted by molar-refractivity contribution is 0.0950. The van der Waals surface area contributed by atoms with E-state index in [0.717, 1.165) is 38.2 Å². The number of anilines is 1. The molecule has 0 saturated heterocycles. The Balaban J connectivity index is 1.25. The molecule has 0 fully saturated rings. The number of amides is 1. The molecule has 1 amide bonds. The monoisotopic (exact) mass is 504 g/mol. The molecule has 0 bridgehead atoms. The van der Waals surface area contributed by atoms with Gasteiger partial charge in [-0.2, -0.15) is 0 Å². The molecule has 0 atom stereocenters. The minimum Gasteiger partial charge on any atom is -0.486 e. The molecule has 0 radical (unpaired) electrons. The number of thiazole rings is 1. The molecule has 0 unspecified atom stereocenters. The topological polar surface area (TPSA) is 148 Å². The summed E-state index contributed by atoms with van der Waals surface area (Å²) < 4.78 is 2.63. The van der Waals surface area contributed by atoms with Crippen molar-refractivity contribution in [2.75, 3.05) is 5.73 Å². The molecule has 2 aromatic carbocycles. The van der Waals surface area contributed by atoms with Crippen molar-refractivity contribution in [3.8, 4) is 5.19 Å². The fraction of sp³-hybridized carbons (Fsp3) is 0.0870. The van der Waals surface area contributed by atoms with Crippen molar-refractivity contribution in [2.45, 2.75) is 13.1 Å². The average molecular weight is 505 g/mol. The minimum absolute atomic E-state index is 0.0234. The molecule has 6 rings (SSSR count). The van der Waals surface area contributed by atoms with Gasteiger partial charge in [0.05, 0.1) is 35.2 Å². The van der Waals surface area contributed by atoms with Crippen LogP contribution >= 0.6 is 22.9 Å². The first-order chi connectivity index (χ1) is 16.9. The van der Waals surface area contributed by atoms with Crippen molar-refractivity contribution in [1.82, 2.24) is 34.8 Å². The Labute approximate surface area is 206 Å². The molecule has 10 nitrogen and oxygen atoms in total. The van der Waals surface area contributed by atoms with E-state index in [1.54, 1.807) is 24.5 Å². The number of nitrogens with zero attached hydrogens (tertiary/aromatic N) is 5. The van der Waals surface area contributed by atoms with Gasteiger partial charge in [0.25, 0.3) is 11.1 Å². The summed E-state index contributed by atoms with van der Waals surface area (Å²) in [6.45, 7) is 0.770. The predicted molar refractivity (Wildman–Crippen MR) is 135 cm³/mol. The summed E-state index contributed by atoms with van der Waals surface area (Å²) >= 11 is 7.53. The normalized spacial score (nSPS) is 11.6. The van der Waals surface area contributed by atoms with Crippen LogP contribution in [0, 0.1) is 0 Å². The van der Waals surface area contributed by atoms with Gasteiger partial charge < -0.3 is 25.7 Å². The van der Waals surface area contributed by atoms with E-state index in [1.807, 2.05) is 22.8 Å². The smallest absolute Gasteiger partial charge is 0.271 e. The van der Waals surface area contributed by atoms with E-state index in [-0.39, 0.29) is 11.1 Å². The number of benzene rings is 2. The zero-order valence-electron chi connectivity index (χ0n) is 18.0. The quantitative estimate of drug-likeness (QED) is 0.279. The summed E-state index contributed by atoms with van der Waals surface area (Å²) in [5.41, 5.74) is 10.9. The number of carbonyl (C=O) groups excluding carboxylic acids is 1. The van der Waals surface area contributed by atoms with Crippen LogP contribution < -0.4 is 11.1 Å². The van der Waals surface area contributed by atoms with E-state index in [4.69, 9.17) is 17.3 Å². The maximum atomic E-state index is 12.7. The third-order valence-electron chi connectivity index (χ3n) is 5.68. The number of aromatic amines is 1. The molecule has 0 spiro atoms. The van der Waals surface area contributed by atoms with Gasteiger partial charge >= 0.3 is 0 Å². The highest BCUT2D eigenvalue weighted by atomic mass is 35.5. The number of nitrogens with two attached hydrogens (primary N) is 1. The maximum absolute atomic E-state index is 12.7. The molecule has 4 heterocycles. The number of aromatic nitrogens is 6. The van der Waals surface area contributed by atoms with Gasteiger partial charge in [0.1, 0.15) is 11.8 Å². The van der Waals surface area contributed by atoms with Gasteiger partial charge in [0.2, 0.25) is 0 Å². The molecule has 5 N–H and O–H groups in total. The molecule has 0 saturated carbocycles. The van der Waals surface area contributed by atoms with Crippen molar-refractivity contribution >= 4 is 66.9 Å². The molecule has 4 aromatic heterocycles. The van der Waals surface area contributed by atoms with Crippen LogP contribution in [0.3, 0.4) is 0 Å². The van der Waals surface area contributed by atoms with Crippen molar-refractivity contribution in [3.05, 3.63) is 70.9 Å². The number of carbonyl (C=O) groups is 1. The third-order valence-corrected chi connectivity index (χ3v) is 6.72. The van der Waals surface area contributed by atoms with Crippen LogP contribution in [0.5, 0.6) is 5.19 Å². The summed E-state index contributed by atoms with van der Waals surface area (Å²) in [6, 6.07) is 10.8. The number of fused-ring (bicyclic) bond motifs is 3. The number of H-pyrrole nitrogens is 1. The lowest BCUT2D eigenvalue weighted by atomic mass is 10.1.